The van der Waals surface area contributed by atoms with Gasteiger partial charge in [0.2, 0.25) is 0 Å². The Bertz CT molecular complexity index is 920. The minimum atomic E-state index is -0.383. The topological polar surface area (TPSA) is 54.3 Å². The Balaban J connectivity index is 1.65. The van der Waals surface area contributed by atoms with Crippen LogP contribution in [-0.2, 0) is 11.3 Å². The summed E-state index contributed by atoms with van der Waals surface area (Å²) in [7, 11) is 3.97. The number of ether oxygens (including phenoxy) is 1. The van der Waals surface area contributed by atoms with Crippen molar-refractivity contribution in [2.45, 2.75) is 6.61 Å². The van der Waals surface area contributed by atoms with Crippen molar-refractivity contribution in [1.82, 2.24) is 0 Å². The van der Waals surface area contributed by atoms with E-state index in [9.17, 15) is 4.79 Å². The largest absolute Gasteiger partial charge is 0.457 e. The number of benzene rings is 3. The minimum absolute atomic E-state index is 0.240. The molecule has 5 heteroatoms. The summed E-state index contributed by atoms with van der Waals surface area (Å²) in [5.74, 6) is -0.383. The zero-order valence-corrected chi connectivity index (χ0v) is 15.4. The first-order valence-electron chi connectivity index (χ1n) is 8.62. The molecule has 136 valence electrons. The van der Waals surface area contributed by atoms with Crippen LogP contribution in [0.25, 0.3) is 0 Å². The van der Waals surface area contributed by atoms with E-state index in [2.05, 4.69) is 10.2 Å². The number of esters is 1. The Kier molecular flexibility index (Phi) is 5.94. The van der Waals surface area contributed by atoms with Gasteiger partial charge in [-0.15, -0.1) is 0 Å². The predicted octanol–water partition coefficient (Wildman–Crippen LogP) is 5.53. The van der Waals surface area contributed by atoms with Crippen LogP contribution < -0.4 is 4.90 Å². The van der Waals surface area contributed by atoms with E-state index in [-0.39, 0.29) is 12.6 Å². The first-order chi connectivity index (χ1) is 13.1. The van der Waals surface area contributed by atoms with Gasteiger partial charge in [0.15, 0.2) is 0 Å². The van der Waals surface area contributed by atoms with E-state index in [0.29, 0.717) is 11.3 Å². The molecule has 0 N–H and O–H groups in total. The molecule has 0 atom stereocenters. The molecule has 0 radical (unpaired) electrons. The second-order valence-corrected chi connectivity index (χ2v) is 6.22. The lowest BCUT2D eigenvalue weighted by Crippen LogP contribution is -2.07. The average molecular weight is 359 g/mol. The van der Waals surface area contributed by atoms with E-state index in [1.54, 1.807) is 24.3 Å². The highest BCUT2D eigenvalue weighted by atomic mass is 16.5. The van der Waals surface area contributed by atoms with Crippen molar-refractivity contribution in [3.63, 3.8) is 0 Å². The van der Waals surface area contributed by atoms with Gasteiger partial charge in [0.1, 0.15) is 6.61 Å². The first-order valence-corrected chi connectivity index (χ1v) is 8.62. The molecular weight excluding hydrogens is 338 g/mol. The fourth-order valence-corrected chi connectivity index (χ4v) is 2.43. The highest BCUT2D eigenvalue weighted by Crippen LogP contribution is 2.22. The van der Waals surface area contributed by atoms with Crippen molar-refractivity contribution in [3.05, 3.63) is 90.0 Å². The van der Waals surface area contributed by atoms with Crippen molar-refractivity contribution in [3.8, 4) is 0 Å². The van der Waals surface area contributed by atoms with Crippen LogP contribution in [0.5, 0.6) is 0 Å². The molecule has 0 fully saturated rings. The van der Waals surface area contributed by atoms with Gasteiger partial charge < -0.3 is 9.64 Å². The molecule has 3 rings (SSSR count). The molecule has 3 aromatic rings. The third-order valence-electron chi connectivity index (χ3n) is 3.94. The van der Waals surface area contributed by atoms with Crippen LogP contribution in [0, 0.1) is 0 Å². The van der Waals surface area contributed by atoms with Gasteiger partial charge in [-0.05, 0) is 48.0 Å². The monoisotopic (exact) mass is 359 g/mol. The summed E-state index contributed by atoms with van der Waals surface area (Å²) in [5, 5.41) is 8.44. The standard InChI is InChI=1S/C22H21N3O2/c1-25(2)21-13-11-19(12-14-21)23-24-20-10-6-9-18(15-20)22(26)27-16-17-7-4-3-5-8-17/h3-15H,16H2,1-2H3. The van der Waals surface area contributed by atoms with E-state index >= 15 is 0 Å². The lowest BCUT2D eigenvalue weighted by Gasteiger charge is -2.11. The van der Waals surface area contributed by atoms with Crippen LogP contribution in [0.1, 0.15) is 15.9 Å². The normalized spacial score (nSPS) is 10.7. The Labute approximate surface area is 158 Å². The zero-order valence-electron chi connectivity index (χ0n) is 15.4. The van der Waals surface area contributed by atoms with Crippen molar-refractivity contribution in [2.75, 3.05) is 19.0 Å². The second-order valence-electron chi connectivity index (χ2n) is 6.22. The maximum Gasteiger partial charge on any atom is 0.338 e. The molecule has 0 unspecified atom stereocenters. The van der Waals surface area contributed by atoms with Gasteiger partial charge in [0.05, 0.1) is 16.9 Å². The van der Waals surface area contributed by atoms with Gasteiger partial charge in [0.25, 0.3) is 0 Å². The summed E-state index contributed by atoms with van der Waals surface area (Å²) < 4.78 is 5.35. The van der Waals surface area contributed by atoms with Crippen LogP contribution in [0.3, 0.4) is 0 Å². The Morgan fingerprint density at radius 2 is 1.56 bits per heavy atom. The molecule has 0 spiro atoms. The van der Waals surface area contributed by atoms with Gasteiger partial charge in [-0.25, -0.2) is 4.79 Å². The van der Waals surface area contributed by atoms with E-state index in [1.165, 1.54) is 0 Å². The summed E-state index contributed by atoms with van der Waals surface area (Å²) in [4.78, 5) is 14.3. The van der Waals surface area contributed by atoms with E-state index < -0.39 is 0 Å². The number of rotatable bonds is 6. The quantitative estimate of drug-likeness (QED) is 0.430. The molecule has 0 bridgehead atoms. The second kappa shape index (κ2) is 8.76. The van der Waals surface area contributed by atoms with E-state index in [1.807, 2.05) is 73.6 Å². The highest BCUT2D eigenvalue weighted by molar-refractivity contribution is 5.90. The summed E-state index contributed by atoms with van der Waals surface area (Å²) in [6.07, 6.45) is 0. The summed E-state index contributed by atoms with van der Waals surface area (Å²) in [5.41, 5.74) is 3.84. The SMILES string of the molecule is CN(C)c1ccc(N=Nc2cccc(C(=O)OCc3ccccc3)c2)cc1. The molecule has 3 aromatic carbocycles. The van der Waals surface area contributed by atoms with Crippen molar-refractivity contribution >= 4 is 23.0 Å². The summed E-state index contributed by atoms with van der Waals surface area (Å²) >= 11 is 0. The number of anilines is 1. The molecule has 0 aliphatic carbocycles. The van der Waals surface area contributed by atoms with Gasteiger partial charge in [0, 0.05) is 19.8 Å². The Hall–Kier alpha value is -3.47. The van der Waals surface area contributed by atoms with E-state index in [0.717, 1.165) is 16.9 Å². The Morgan fingerprint density at radius 3 is 2.26 bits per heavy atom. The Morgan fingerprint density at radius 1 is 0.852 bits per heavy atom. The van der Waals surface area contributed by atoms with Gasteiger partial charge in [-0.1, -0.05) is 36.4 Å². The molecular formula is C22H21N3O2. The van der Waals surface area contributed by atoms with Crippen LogP contribution in [-0.4, -0.2) is 20.1 Å². The molecule has 5 nitrogen and oxygen atoms in total. The number of nitrogens with zero attached hydrogens (tertiary/aromatic N) is 3. The minimum Gasteiger partial charge on any atom is -0.457 e. The van der Waals surface area contributed by atoms with Crippen molar-refractivity contribution < 1.29 is 9.53 Å². The lowest BCUT2D eigenvalue weighted by molar-refractivity contribution is 0.0473. The summed E-state index contributed by atoms with van der Waals surface area (Å²) in [6.45, 7) is 0.240. The molecule has 0 aliphatic heterocycles. The third kappa shape index (κ3) is 5.25. The summed E-state index contributed by atoms with van der Waals surface area (Å²) in [6, 6.07) is 24.3. The number of hydrogen-bond donors (Lipinski definition) is 0. The van der Waals surface area contributed by atoms with E-state index in [4.69, 9.17) is 4.74 Å². The molecule has 0 saturated heterocycles. The molecule has 0 aliphatic rings. The smallest absolute Gasteiger partial charge is 0.338 e. The average Bonchev–Trinajstić information content (AvgIpc) is 2.71. The first kappa shape index (κ1) is 18.3. The number of carbonyl (C=O) groups excluding carboxylic acids is 1. The third-order valence-corrected chi connectivity index (χ3v) is 3.94. The number of hydrogen-bond acceptors (Lipinski definition) is 5. The zero-order chi connectivity index (χ0) is 19.1. The predicted molar refractivity (Wildman–Crippen MR) is 107 cm³/mol. The lowest BCUT2D eigenvalue weighted by atomic mass is 10.2. The molecule has 0 saturated carbocycles. The van der Waals surface area contributed by atoms with Crippen LogP contribution >= 0.6 is 0 Å². The van der Waals surface area contributed by atoms with Crippen molar-refractivity contribution in [2.24, 2.45) is 10.2 Å². The molecule has 27 heavy (non-hydrogen) atoms. The molecule has 0 heterocycles. The van der Waals surface area contributed by atoms with Crippen LogP contribution in [0.2, 0.25) is 0 Å². The highest BCUT2D eigenvalue weighted by Gasteiger charge is 2.08. The molecule has 0 amide bonds. The van der Waals surface area contributed by atoms with Crippen LogP contribution in [0.15, 0.2) is 89.1 Å². The van der Waals surface area contributed by atoms with Crippen molar-refractivity contribution in [1.29, 1.82) is 0 Å². The van der Waals surface area contributed by atoms with Gasteiger partial charge in [-0.3, -0.25) is 0 Å². The van der Waals surface area contributed by atoms with Gasteiger partial charge in [-0.2, -0.15) is 10.2 Å². The fourth-order valence-electron chi connectivity index (χ4n) is 2.43. The van der Waals surface area contributed by atoms with Crippen LogP contribution in [0.4, 0.5) is 17.1 Å². The fraction of sp³-hybridized carbons (Fsp3) is 0.136. The van der Waals surface area contributed by atoms with Gasteiger partial charge >= 0.3 is 5.97 Å². The maximum absolute atomic E-state index is 12.2. The number of azo groups is 1. The maximum atomic E-state index is 12.2. The number of carbonyl (C=O) groups is 1. The molecule has 0 aromatic heterocycles.